The van der Waals surface area contributed by atoms with Crippen LogP contribution in [0.2, 0.25) is 5.02 Å². The van der Waals surface area contributed by atoms with Crippen molar-refractivity contribution in [1.82, 2.24) is 4.31 Å². The number of rotatable bonds is 5. The second-order valence-corrected chi connectivity index (χ2v) is 10.8. The summed E-state index contributed by atoms with van der Waals surface area (Å²) in [5.74, 6) is -0.437. The second kappa shape index (κ2) is 8.82. The zero-order valence-electron chi connectivity index (χ0n) is 17.8. The molecule has 1 aromatic heterocycles. The standard InChI is InChI=1S/C25H23ClN2O4S/c26-19-5-3-4-17(14-19)16-33(30,31)28-12-10-18(11-13-28)25(29)27-20-8-9-22-21-6-1-2-7-23(21)32-24(22)15-20/h1-9,14-15,18H,10-13,16H2,(H,27,29). The van der Waals surface area contributed by atoms with E-state index in [0.717, 1.165) is 21.9 Å². The zero-order valence-corrected chi connectivity index (χ0v) is 19.4. The average molecular weight is 483 g/mol. The number of piperidine rings is 1. The third-order valence-electron chi connectivity index (χ3n) is 6.10. The van der Waals surface area contributed by atoms with Gasteiger partial charge in [-0.2, -0.15) is 0 Å². The molecule has 0 aliphatic carbocycles. The van der Waals surface area contributed by atoms with Gasteiger partial charge in [-0.3, -0.25) is 4.79 Å². The van der Waals surface area contributed by atoms with Gasteiger partial charge < -0.3 is 9.73 Å². The third kappa shape index (κ3) is 4.62. The van der Waals surface area contributed by atoms with Crippen molar-refractivity contribution in [2.24, 2.45) is 5.92 Å². The normalized spacial score (nSPS) is 15.8. The number of halogens is 1. The maximum absolute atomic E-state index is 12.8. The first-order valence-corrected chi connectivity index (χ1v) is 12.8. The molecule has 2 heterocycles. The Labute approximate surface area is 197 Å². The summed E-state index contributed by atoms with van der Waals surface area (Å²) in [6, 6.07) is 20.3. The van der Waals surface area contributed by atoms with E-state index in [4.69, 9.17) is 16.0 Å². The summed E-state index contributed by atoms with van der Waals surface area (Å²) in [5.41, 5.74) is 2.85. The predicted octanol–water partition coefficient (Wildman–Crippen LogP) is 5.42. The number of nitrogens with one attached hydrogen (secondary N) is 1. The minimum Gasteiger partial charge on any atom is -0.456 e. The number of amides is 1. The van der Waals surface area contributed by atoms with Crippen LogP contribution in [0.1, 0.15) is 18.4 Å². The van der Waals surface area contributed by atoms with E-state index in [-0.39, 0.29) is 17.6 Å². The highest BCUT2D eigenvalue weighted by Gasteiger charge is 2.31. The van der Waals surface area contributed by atoms with Crippen LogP contribution in [0.25, 0.3) is 21.9 Å². The maximum atomic E-state index is 12.8. The Bertz CT molecular complexity index is 1440. The zero-order chi connectivity index (χ0) is 23.0. The monoisotopic (exact) mass is 482 g/mol. The van der Waals surface area contributed by atoms with Crippen LogP contribution in [0.3, 0.4) is 0 Å². The first-order valence-electron chi connectivity index (χ1n) is 10.8. The smallest absolute Gasteiger partial charge is 0.227 e. The van der Waals surface area contributed by atoms with E-state index in [9.17, 15) is 13.2 Å². The molecule has 170 valence electrons. The van der Waals surface area contributed by atoms with E-state index in [2.05, 4.69) is 5.32 Å². The van der Waals surface area contributed by atoms with Gasteiger partial charge in [-0.15, -0.1) is 0 Å². The number of anilines is 1. The Hall–Kier alpha value is -2.87. The van der Waals surface area contributed by atoms with Gasteiger partial charge in [0.15, 0.2) is 0 Å². The molecule has 8 heteroatoms. The number of sulfonamides is 1. The molecule has 6 nitrogen and oxygen atoms in total. The van der Waals surface area contributed by atoms with E-state index >= 15 is 0 Å². The molecule has 0 bridgehead atoms. The minimum absolute atomic E-state index is 0.0953. The topological polar surface area (TPSA) is 79.6 Å². The summed E-state index contributed by atoms with van der Waals surface area (Å²) < 4.78 is 33.0. The number of carbonyl (C=O) groups excluding carboxylic acids is 1. The summed E-state index contributed by atoms with van der Waals surface area (Å²) in [6.45, 7) is 0.646. The van der Waals surface area contributed by atoms with Gasteiger partial charge >= 0.3 is 0 Å². The molecule has 1 amide bonds. The average Bonchev–Trinajstić information content (AvgIpc) is 3.16. The Balaban J connectivity index is 1.22. The van der Waals surface area contributed by atoms with Crippen LogP contribution in [0.4, 0.5) is 5.69 Å². The van der Waals surface area contributed by atoms with Crippen molar-refractivity contribution in [2.45, 2.75) is 18.6 Å². The molecule has 33 heavy (non-hydrogen) atoms. The Morgan fingerprint density at radius 1 is 0.970 bits per heavy atom. The van der Waals surface area contributed by atoms with E-state index in [1.54, 1.807) is 24.3 Å². The molecular formula is C25H23ClN2O4S. The molecule has 1 fully saturated rings. The Kier molecular flexibility index (Phi) is 5.86. The van der Waals surface area contributed by atoms with E-state index < -0.39 is 10.0 Å². The first kappa shape index (κ1) is 21.9. The molecule has 0 saturated carbocycles. The Morgan fingerprint density at radius 3 is 2.52 bits per heavy atom. The highest BCUT2D eigenvalue weighted by molar-refractivity contribution is 7.88. The molecule has 1 aliphatic heterocycles. The van der Waals surface area contributed by atoms with E-state index in [1.165, 1.54) is 4.31 Å². The van der Waals surface area contributed by atoms with Crippen LogP contribution < -0.4 is 5.32 Å². The van der Waals surface area contributed by atoms with Gasteiger partial charge in [0.05, 0.1) is 5.75 Å². The molecule has 4 aromatic rings. The van der Waals surface area contributed by atoms with Crippen LogP contribution in [0.15, 0.2) is 71.1 Å². The number of para-hydroxylation sites is 1. The summed E-state index contributed by atoms with van der Waals surface area (Å²) in [7, 11) is -3.47. The lowest BCUT2D eigenvalue weighted by atomic mass is 9.97. The number of nitrogens with zero attached hydrogens (tertiary/aromatic N) is 1. The lowest BCUT2D eigenvalue weighted by Gasteiger charge is -2.30. The van der Waals surface area contributed by atoms with Crippen molar-refractivity contribution in [1.29, 1.82) is 0 Å². The quantitative estimate of drug-likeness (QED) is 0.412. The van der Waals surface area contributed by atoms with Crippen molar-refractivity contribution < 1.29 is 17.6 Å². The van der Waals surface area contributed by atoms with Crippen molar-refractivity contribution in [2.75, 3.05) is 18.4 Å². The molecule has 0 radical (unpaired) electrons. The number of furan rings is 1. The van der Waals surface area contributed by atoms with Crippen LogP contribution in [-0.4, -0.2) is 31.7 Å². The van der Waals surface area contributed by atoms with Crippen LogP contribution in [-0.2, 0) is 20.6 Å². The molecule has 5 rings (SSSR count). The summed E-state index contributed by atoms with van der Waals surface area (Å²) in [4.78, 5) is 12.8. The van der Waals surface area contributed by atoms with Gasteiger partial charge in [0, 0.05) is 46.6 Å². The third-order valence-corrected chi connectivity index (χ3v) is 8.19. The van der Waals surface area contributed by atoms with E-state index in [1.807, 2.05) is 42.5 Å². The highest BCUT2D eigenvalue weighted by Crippen LogP contribution is 2.31. The minimum atomic E-state index is -3.47. The molecule has 1 saturated heterocycles. The number of hydrogen-bond donors (Lipinski definition) is 1. The lowest BCUT2D eigenvalue weighted by Crippen LogP contribution is -2.41. The van der Waals surface area contributed by atoms with Gasteiger partial charge in [-0.25, -0.2) is 12.7 Å². The maximum Gasteiger partial charge on any atom is 0.227 e. The van der Waals surface area contributed by atoms with Crippen LogP contribution in [0.5, 0.6) is 0 Å². The molecular weight excluding hydrogens is 460 g/mol. The van der Waals surface area contributed by atoms with Crippen molar-refractivity contribution >= 4 is 55.2 Å². The molecule has 0 spiro atoms. The van der Waals surface area contributed by atoms with Crippen LogP contribution in [0, 0.1) is 5.92 Å². The van der Waals surface area contributed by atoms with E-state index in [0.29, 0.717) is 42.2 Å². The number of hydrogen-bond acceptors (Lipinski definition) is 4. The SMILES string of the molecule is O=C(Nc1ccc2c(c1)oc1ccccc12)C1CCN(S(=O)(=O)Cc2cccc(Cl)c2)CC1. The molecule has 3 aromatic carbocycles. The number of fused-ring (bicyclic) bond motifs is 3. The number of carbonyl (C=O) groups is 1. The largest absolute Gasteiger partial charge is 0.456 e. The summed E-state index contributed by atoms with van der Waals surface area (Å²) in [5, 5.41) is 5.52. The van der Waals surface area contributed by atoms with Gasteiger partial charge in [-0.1, -0.05) is 41.9 Å². The lowest BCUT2D eigenvalue weighted by molar-refractivity contribution is -0.120. The fourth-order valence-electron chi connectivity index (χ4n) is 4.37. The van der Waals surface area contributed by atoms with Crippen LogP contribution >= 0.6 is 11.6 Å². The Morgan fingerprint density at radius 2 is 1.73 bits per heavy atom. The van der Waals surface area contributed by atoms with Gasteiger partial charge in [0.1, 0.15) is 11.2 Å². The molecule has 0 unspecified atom stereocenters. The summed E-state index contributed by atoms with van der Waals surface area (Å²) in [6.07, 6.45) is 0.959. The summed E-state index contributed by atoms with van der Waals surface area (Å²) >= 11 is 5.97. The van der Waals surface area contributed by atoms with Gasteiger partial charge in [-0.05, 0) is 48.7 Å². The van der Waals surface area contributed by atoms with Gasteiger partial charge in [0.25, 0.3) is 0 Å². The predicted molar refractivity (Wildman–Crippen MR) is 131 cm³/mol. The molecule has 1 N–H and O–H groups in total. The second-order valence-electron chi connectivity index (χ2n) is 8.36. The first-order chi connectivity index (χ1) is 15.9. The van der Waals surface area contributed by atoms with Crippen molar-refractivity contribution in [3.63, 3.8) is 0 Å². The molecule has 0 atom stereocenters. The van der Waals surface area contributed by atoms with Crippen molar-refractivity contribution in [3.05, 3.63) is 77.3 Å². The number of benzene rings is 3. The van der Waals surface area contributed by atoms with Crippen molar-refractivity contribution in [3.8, 4) is 0 Å². The van der Waals surface area contributed by atoms with Gasteiger partial charge in [0.2, 0.25) is 15.9 Å². The molecule has 1 aliphatic rings. The fraction of sp³-hybridized carbons (Fsp3) is 0.240. The fourth-order valence-corrected chi connectivity index (χ4v) is 6.14. The highest BCUT2D eigenvalue weighted by atomic mass is 35.5.